The first-order valence-corrected chi connectivity index (χ1v) is 9.51. The molecule has 3 heterocycles. The summed E-state index contributed by atoms with van der Waals surface area (Å²) in [7, 11) is 0. The molecule has 0 aliphatic carbocycles. The first-order valence-electron chi connectivity index (χ1n) is 9.10. The third kappa shape index (κ3) is 3.77. The monoisotopic (exact) mass is 381 g/mol. The van der Waals surface area contributed by atoms with E-state index < -0.39 is 0 Å². The minimum atomic E-state index is 0.621. The van der Waals surface area contributed by atoms with Gasteiger partial charge in [-0.3, -0.25) is 4.90 Å². The molecule has 7 nitrogen and oxygen atoms in total. The van der Waals surface area contributed by atoms with Gasteiger partial charge in [-0.05, 0) is 65.8 Å². The van der Waals surface area contributed by atoms with Gasteiger partial charge in [-0.25, -0.2) is 9.67 Å². The van der Waals surface area contributed by atoms with Crippen molar-refractivity contribution < 1.29 is 0 Å². The second kappa shape index (κ2) is 7.58. The first-order chi connectivity index (χ1) is 13.1. The Morgan fingerprint density at radius 1 is 1.00 bits per heavy atom. The molecule has 0 N–H and O–H groups in total. The summed E-state index contributed by atoms with van der Waals surface area (Å²) in [5, 5.41) is 8.59. The van der Waals surface area contributed by atoms with Crippen molar-refractivity contribution in [2.24, 2.45) is 0 Å². The molecule has 2 aromatic heterocycles. The summed E-state index contributed by atoms with van der Waals surface area (Å²) >= 11 is 5.63. The Morgan fingerprint density at radius 2 is 1.81 bits per heavy atom. The average molecular weight is 382 g/mol. The Labute approximate surface area is 163 Å². The van der Waals surface area contributed by atoms with Crippen molar-refractivity contribution in [3.05, 3.63) is 58.5 Å². The molecule has 4 rings (SSSR count). The van der Waals surface area contributed by atoms with Crippen LogP contribution in [0.1, 0.15) is 11.1 Å². The maximum atomic E-state index is 5.63. The minimum Gasteiger partial charge on any atom is -0.354 e. The summed E-state index contributed by atoms with van der Waals surface area (Å²) in [5.74, 6) is 1.04. The summed E-state index contributed by atoms with van der Waals surface area (Å²) in [4.78, 5) is 9.09. The Kier molecular flexibility index (Phi) is 5.00. The second-order valence-corrected chi connectivity index (χ2v) is 7.26. The van der Waals surface area contributed by atoms with E-state index in [0.29, 0.717) is 11.4 Å². The largest absolute Gasteiger partial charge is 0.354 e. The minimum absolute atomic E-state index is 0.621. The van der Waals surface area contributed by atoms with E-state index >= 15 is 0 Å². The lowest BCUT2D eigenvalue weighted by molar-refractivity contribution is 0.192. The molecule has 1 fully saturated rings. The molecule has 0 saturated carbocycles. The Morgan fingerprint density at radius 3 is 2.56 bits per heavy atom. The van der Waals surface area contributed by atoms with Crippen LogP contribution < -0.4 is 4.90 Å². The van der Waals surface area contributed by atoms with Gasteiger partial charge in [-0.15, -0.1) is 0 Å². The Hall–Kier alpha value is -2.58. The zero-order valence-corrected chi connectivity index (χ0v) is 16.4. The molecule has 8 heteroatoms. The van der Waals surface area contributed by atoms with Gasteiger partial charge < -0.3 is 4.90 Å². The normalized spacial score (nSPS) is 15.3. The van der Waals surface area contributed by atoms with Crippen molar-refractivity contribution in [3.63, 3.8) is 0 Å². The fourth-order valence-electron chi connectivity index (χ4n) is 3.31. The molecule has 1 aliphatic heterocycles. The fraction of sp³-hybridized carbons (Fsp3) is 0.368. The lowest BCUT2D eigenvalue weighted by Gasteiger charge is -2.34. The third-order valence-electron chi connectivity index (χ3n) is 4.91. The maximum absolute atomic E-state index is 5.63. The van der Waals surface area contributed by atoms with Crippen LogP contribution >= 0.6 is 12.2 Å². The summed E-state index contributed by atoms with van der Waals surface area (Å²) in [6.07, 6.45) is 1.84. The summed E-state index contributed by atoms with van der Waals surface area (Å²) < 4.78 is 4.17. The van der Waals surface area contributed by atoms with Crippen molar-refractivity contribution in [1.82, 2.24) is 29.7 Å². The Bertz CT molecular complexity index is 971. The van der Waals surface area contributed by atoms with Gasteiger partial charge in [-0.1, -0.05) is 18.2 Å². The Balaban J connectivity index is 1.45. The van der Waals surface area contributed by atoms with Crippen LogP contribution in [0.4, 0.5) is 5.82 Å². The predicted octanol–water partition coefficient (Wildman–Crippen LogP) is 2.59. The molecular weight excluding hydrogens is 358 g/mol. The lowest BCUT2D eigenvalue weighted by Crippen LogP contribution is -2.47. The number of hydrogen-bond acceptors (Lipinski definition) is 6. The molecule has 0 amide bonds. The van der Waals surface area contributed by atoms with Crippen LogP contribution in [0.3, 0.4) is 0 Å². The predicted molar refractivity (Wildman–Crippen MR) is 108 cm³/mol. The van der Waals surface area contributed by atoms with Crippen molar-refractivity contribution in [1.29, 1.82) is 0 Å². The van der Waals surface area contributed by atoms with Crippen molar-refractivity contribution in [2.45, 2.75) is 20.5 Å². The van der Waals surface area contributed by atoms with E-state index in [2.05, 4.69) is 63.3 Å². The van der Waals surface area contributed by atoms with Crippen LogP contribution in [0.15, 0.2) is 42.6 Å². The zero-order chi connectivity index (χ0) is 18.8. The SMILES string of the molecule is Cc1ccc(C)c(-n2nnn(CN3CCN(c4ccccn4)CC3)c2=S)c1. The molecule has 0 spiro atoms. The van der Waals surface area contributed by atoms with Crippen LogP contribution in [0.25, 0.3) is 5.69 Å². The molecule has 0 atom stereocenters. The highest BCUT2D eigenvalue weighted by Crippen LogP contribution is 2.16. The van der Waals surface area contributed by atoms with Gasteiger partial charge in [0.25, 0.3) is 0 Å². The van der Waals surface area contributed by atoms with Gasteiger partial charge in [0.05, 0.1) is 12.4 Å². The van der Waals surface area contributed by atoms with Crippen LogP contribution in [-0.4, -0.2) is 55.9 Å². The highest BCUT2D eigenvalue weighted by atomic mass is 32.1. The molecule has 1 saturated heterocycles. The molecule has 1 aliphatic rings. The third-order valence-corrected chi connectivity index (χ3v) is 5.30. The second-order valence-electron chi connectivity index (χ2n) is 6.90. The lowest BCUT2D eigenvalue weighted by atomic mass is 10.1. The molecule has 0 unspecified atom stereocenters. The molecule has 140 valence electrons. The van der Waals surface area contributed by atoms with Crippen molar-refractivity contribution in [3.8, 4) is 5.69 Å². The quantitative estimate of drug-likeness (QED) is 0.648. The van der Waals surface area contributed by atoms with Crippen molar-refractivity contribution >= 4 is 18.0 Å². The number of aromatic nitrogens is 5. The van der Waals surface area contributed by atoms with Crippen LogP contribution in [0, 0.1) is 18.6 Å². The van der Waals surface area contributed by atoms with Crippen LogP contribution in [0.5, 0.6) is 0 Å². The van der Waals surface area contributed by atoms with Crippen LogP contribution in [0.2, 0.25) is 0 Å². The number of rotatable bonds is 4. The number of pyridine rings is 1. The number of anilines is 1. The van der Waals surface area contributed by atoms with Crippen LogP contribution in [-0.2, 0) is 6.67 Å². The molecular formula is C19H23N7S. The van der Waals surface area contributed by atoms with E-state index in [1.54, 1.807) is 9.36 Å². The van der Waals surface area contributed by atoms with E-state index in [-0.39, 0.29) is 0 Å². The number of hydrogen-bond donors (Lipinski definition) is 0. The molecule has 27 heavy (non-hydrogen) atoms. The number of tetrazole rings is 1. The fourth-order valence-corrected chi connectivity index (χ4v) is 3.54. The highest BCUT2D eigenvalue weighted by Gasteiger charge is 2.19. The smallest absolute Gasteiger partial charge is 0.221 e. The van der Waals surface area contributed by atoms with Gasteiger partial charge in [-0.2, -0.15) is 4.68 Å². The number of nitrogens with zero attached hydrogens (tertiary/aromatic N) is 7. The average Bonchev–Trinajstić information content (AvgIpc) is 3.05. The van der Waals surface area contributed by atoms with Gasteiger partial charge in [0.15, 0.2) is 0 Å². The van der Waals surface area contributed by atoms with Gasteiger partial charge in [0.1, 0.15) is 5.82 Å². The van der Waals surface area contributed by atoms with Gasteiger partial charge in [0.2, 0.25) is 4.77 Å². The number of benzene rings is 1. The zero-order valence-electron chi connectivity index (χ0n) is 15.6. The van der Waals surface area contributed by atoms with E-state index in [0.717, 1.165) is 43.2 Å². The topological polar surface area (TPSA) is 55.0 Å². The van der Waals surface area contributed by atoms with Gasteiger partial charge in [0, 0.05) is 32.4 Å². The number of piperazine rings is 1. The van der Waals surface area contributed by atoms with E-state index in [4.69, 9.17) is 12.2 Å². The maximum Gasteiger partial charge on any atom is 0.221 e. The van der Waals surface area contributed by atoms with E-state index in [9.17, 15) is 0 Å². The highest BCUT2D eigenvalue weighted by molar-refractivity contribution is 7.71. The van der Waals surface area contributed by atoms with Gasteiger partial charge >= 0.3 is 0 Å². The molecule has 0 radical (unpaired) electrons. The number of aryl methyl sites for hydroxylation is 2. The molecule has 1 aromatic carbocycles. The molecule has 0 bridgehead atoms. The van der Waals surface area contributed by atoms with Crippen molar-refractivity contribution in [2.75, 3.05) is 31.1 Å². The molecule has 3 aromatic rings. The van der Waals surface area contributed by atoms with E-state index in [1.807, 2.05) is 18.3 Å². The summed E-state index contributed by atoms with van der Waals surface area (Å²) in [6, 6.07) is 12.3. The summed E-state index contributed by atoms with van der Waals surface area (Å²) in [6.45, 7) is 8.54. The van der Waals surface area contributed by atoms with E-state index in [1.165, 1.54) is 5.56 Å². The summed E-state index contributed by atoms with van der Waals surface area (Å²) in [5.41, 5.74) is 3.30. The first kappa shape index (κ1) is 17.8. The standard InChI is InChI=1S/C19H23N7S/c1-15-6-7-16(2)17(13-15)26-19(27)25(21-22-26)14-23-9-11-24(12-10-23)18-5-3-4-8-20-18/h3-8,13H,9-12,14H2,1-2H3.